The molecule has 2 aromatic rings. The van der Waals surface area contributed by atoms with Crippen molar-refractivity contribution in [1.29, 1.82) is 0 Å². The minimum atomic E-state index is -0.693. The number of nitro groups is 1. The molecule has 4 rings (SSSR count). The van der Waals surface area contributed by atoms with Crippen LogP contribution >= 0.6 is 38.9 Å². The van der Waals surface area contributed by atoms with E-state index in [0.717, 1.165) is 16.2 Å². The van der Waals surface area contributed by atoms with E-state index < -0.39 is 28.3 Å². The minimum absolute atomic E-state index is 0.0913. The van der Waals surface area contributed by atoms with Gasteiger partial charge in [-0.3, -0.25) is 24.7 Å². The van der Waals surface area contributed by atoms with Crippen molar-refractivity contribution in [3.05, 3.63) is 49.5 Å². The molecular weight excluding hydrogens is 581 g/mol. The van der Waals surface area contributed by atoms with Gasteiger partial charge in [-0.15, -0.1) is 11.6 Å². The van der Waals surface area contributed by atoms with Crippen molar-refractivity contribution in [2.75, 3.05) is 49.1 Å². The van der Waals surface area contributed by atoms with Crippen molar-refractivity contribution in [1.82, 2.24) is 10.2 Å². The minimum Gasteiger partial charge on any atom is -0.442 e. The molecule has 194 valence electrons. The number of thiophene rings is 1. The Balaban J connectivity index is 1.32. The number of cyclic esters (lactones) is 1. The summed E-state index contributed by atoms with van der Waals surface area (Å²) in [4.78, 5) is 40.9. The van der Waals surface area contributed by atoms with Crippen LogP contribution in [-0.4, -0.2) is 72.6 Å². The highest BCUT2D eigenvalue weighted by Crippen LogP contribution is 2.35. The summed E-state index contributed by atoms with van der Waals surface area (Å²) in [6.07, 6.45) is -1.16. The molecule has 10 nitrogen and oxygen atoms in total. The maximum absolute atomic E-state index is 15.0. The summed E-state index contributed by atoms with van der Waals surface area (Å²) in [6.45, 7) is 4.99. The lowest BCUT2D eigenvalue weighted by Crippen LogP contribution is -2.46. The van der Waals surface area contributed by atoms with Crippen LogP contribution in [0, 0.1) is 15.9 Å². The summed E-state index contributed by atoms with van der Waals surface area (Å²) in [7, 11) is 0. The van der Waals surface area contributed by atoms with Crippen LogP contribution in [0.15, 0.2) is 28.7 Å². The average molecular weight is 605 g/mol. The quantitative estimate of drug-likeness (QED) is 0.276. The highest BCUT2D eigenvalue weighted by molar-refractivity contribution is 9.10. The van der Waals surface area contributed by atoms with E-state index >= 15 is 4.39 Å². The molecule has 0 radical (unpaired) electrons. The summed E-state index contributed by atoms with van der Waals surface area (Å²) >= 11 is 10.1. The Hall–Kier alpha value is -2.48. The van der Waals surface area contributed by atoms with Crippen molar-refractivity contribution in [2.24, 2.45) is 0 Å². The molecule has 1 N–H and O–H groups in total. The lowest BCUT2D eigenvalue weighted by atomic mass is 10.2. The van der Waals surface area contributed by atoms with Gasteiger partial charge in [-0.2, -0.15) is 0 Å². The molecule has 3 heterocycles. The fraction of sp³-hybridized carbons (Fsp3) is 0.455. The topological polar surface area (TPSA) is 108 Å². The van der Waals surface area contributed by atoms with E-state index in [-0.39, 0.29) is 24.0 Å². The number of ether oxygens (including phenoxy) is 1. The molecule has 0 spiro atoms. The van der Waals surface area contributed by atoms with E-state index in [9.17, 15) is 19.7 Å². The molecule has 2 saturated heterocycles. The van der Waals surface area contributed by atoms with E-state index in [0.29, 0.717) is 48.6 Å². The van der Waals surface area contributed by atoms with Gasteiger partial charge in [0.15, 0.2) is 0 Å². The van der Waals surface area contributed by atoms with Crippen molar-refractivity contribution in [3.8, 4) is 0 Å². The molecule has 2 aliphatic rings. The van der Waals surface area contributed by atoms with Crippen LogP contribution < -0.4 is 15.1 Å². The first-order valence-corrected chi connectivity index (χ1v) is 13.3. The molecule has 1 aromatic heterocycles. The monoisotopic (exact) mass is 603 g/mol. The summed E-state index contributed by atoms with van der Waals surface area (Å²) in [6, 6.07) is 6.41. The second kappa shape index (κ2) is 11.3. The zero-order valence-electron chi connectivity index (χ0n) is 19.3. The molecule has 2 atom stereocenters. The molecule has 1 aromatic carbocycles. The average Bonchev–Trinajstić information content (AvgIpc) is 3.39. The first-order chi connectivity index (χ1) is 17.1. The highest BCUT2D eigenvalue weighted by atomic mass is 79.9. The molecule has 2 aliphatic heterocycles. The molecule has 0 saturated carbocycles. The standard InChI is InChI=1S/C22H24BrClFN5O5S/c1-13(24)20(31)26-10-15-11-29(22(32)35-15)14-2-3-19(18(25)8-14)28-6-4-27(5-7-28)12-16-9-17(23)21(36-16)30(33)34/h2-3,8-9,13,15H,4-7,10-12H2,1H3,(H,26,31)/t13?,15-/m0/s1. The van der Waals surface area contributed by atoms with Crippen molar-refractivity contribution >= 4 is 67.2 Å². The second-order valence-corrected chi connectivity index (χ2v) is 11.1. The summed E-state index contributed by atoms with van der Waals surface area (Å²) in [5.74, 6) is -0.800. The van der Waals surface area contributed by atoms with Gasteiger partial charge in [-0.05, 0) is 47.1 Å². The van der Waals surface area contributed by atoms with Gasteiger partial charge < -0.3 is 15.0 Å². The van der Waals surface area contributed by atoms with Crippen LogP contribution in [0.3, 0.4) is 0 Å². The van der Waals surface area contributed by atoms with E-state index in [4.69, 9.17) is 16.3 Å². The van der Waals surface area contributed by atoms with Crippen LogP contribution in [0.25, 0.3) is 0 Å². The molecular formula is C22H24BrClFN5O5S. The lowest BCUT2D eigenvalue weighted by molar-refractivity contribution is -0.380. The number of nitrogens with zero attached hydrogens (tertiary/aromatic N) is 4. The Kier molecular flexibility index (Phi) is 8.33. The smallest absolute Gasteiger partial charge is 0.414 e. The summed E-state index contributed by atoms with van der Waals surface area (Å²) < 4.78 is 20.8. The number of benzene rings is 1. The molecule has 36 heavy (non-hydrogen) atoms. The van der Waals surface area contributed by atoms with E-state index in [1.165, 1.54) is 11.0 Å². The number of carbonyl (C=O) groups excluding carboxylic acids is 2. The van der Waals surface area contributed by atoms with Crippen molar-refractivity contribution < 1.29 is 23.6 Å². The third-order valence-electron chi connectivity index (χ3n) is 5.96. The third-order valence-corrected chi connectivity index (χ3v) is 8.10. The van der Waals surface area contributed by atoms with Gasteiger partial charge in [0.2, 0.25) is 5.91 Å². The number of piperazine rings is 1. The fourth-order valence-corrected chi connectivity index (χ4v) is 5.88. The largest absolute Gasteiger partial charge is 0.442 e. The van der Waals surface area contributed by atoms with Crippen LogP contribution in [0.5, 0.6) is 0 Å². The third kappa shape index (κ3) is 6.07. The number of alkyl halides is 1. The fourth-order valence-electron chi connectivity index (χ4n) is 4.09. The molecule has 0 aliphatic carbocycles. The SMILES string of the molecule is CC(Cl)C(=O)NC[C@H]1CN(c2ccc(N3CCN(Cc4cc(Br)c([N+](=O)[O-])s4)CC3)c(F)c2)C(=O)O1. The second-order valence-electron chi connectivity index (χ2n) is 8.50. The Morgan fingerprint density at radius 3 is 2.69 bits per heavy atom. The molecule has 2 fully saturated rings. The van der Waals surface area contributed by atoms with Crippen LogP contribution in [0.4, 0.5) is 25.6 Å². The van der Waals surface area contributed by atoms with Crippen LogP contribution in [-0.2, 0) is 16.1 Å². The van der Waals surface area contributed by atoms with Gasteiger partial charge in [-0.25, -0.2) is 9.18 Å². The molecule has 14 heteroatoms. The van der Waals surface area contributed by atoms with Crippen molar-refractivity contribution in [2.45, 2.75) is 24.9 Å². The number of amides is 2. The number of rotatable bonds is 8. The normalized spacial score (nSPS) is 19.3. The number of hydrogen-bond donors (Lipinski definition) is 1. The molecule has 0 bridgehead atoms. The maximum atomic E-state index is 15.0. The van der Waals surface area contributed by atoms with E-state index in [1.807, 2.05) is 4.90 Å². The maximum Gasteiger partial charge on any atom is 0.414 e. The van der Waals surface area contributed by atoms with Gasteiger partial charge in [0.05, 0.1) is 29.4 Å². The van der Waals surface area contributed by atoms with Gasteiger partial charge in [0.25, 0.3) is 0 Å². The van der Waals surface area contributed by atoms with Gasteiger partial charge in [0, 0.05) is 37.6 Å². The first kappa shape index (κ1) is 26.6. The lowest BCUT2D eigenvalue weighted by Gasteiger charge is -2.36. The predicted octanol–water partition coefficient (Wildman–Crippen LogP) is 3.95. The summed E-state index contributed by atoms with van der Waals surface area (Å²) in [5, 5.41) is 13.1. The highest BCUT2D eigenvalue weighted by Gasteiger charge is 2.33. The molecule has 1 unspecified atom stereocenters. The summed E-state index contributed by atoms with van der Waals surface area (Å²) in [5.41, 5.74) is 0.824. The van der Waals surface area contributed by atoms with Crippen molar-refractivity contribution in [3.63, 3.8) is 0 Å². The Bertz CT molecular complexity index is 1160. The number of hydrogen-bond acceptors (Lipinski definition) is 8. The zero-order valence-corrected chi connectivity index (χ0v) is 22.4. The Morgan fingerprint density at radius 2 is 2.08 bits per heavy atom. The van der Waals surface area contributed by atoms with Gasteiger partial charge in [-0.1, -0.05) is 11.3 Å². The number of carbonyl (C=O) groups is 2. The number of halogens is 3. The zero-order chi connectivity index (χ0) is 26.0. The van der Waals surface area contributed by atoms with E-state index in [1.54, 1.807) is 25.1 Å². The number of nitrogens with one attached hydrogen (secondary N) is 1. The Morgan fingerprint density at radius 1 is 1.36 bits per heavy atom. The van der Waals surface area contributed by atoms with Gasteiger partial charge in [0.1, 0.15) is 21.8 Å². The van der Waals surface area contributed by atoms with Gasteiger partial charge >= 0.3 is 11.1 Å². The first-order valence-electron chi connectivity index (χ1n) is 11.2. The predicted molar refractivity (Wildman–Crippen MR) is 139 cm³/mol. The van der Waals surface area contributed by atoms with Crippen LogP contribution in [0.1, 0.15) is 11.8 Å². The number of anilines is 2. The Labute approximate surface area is 224 Å². The van der Waals surface area contributed by atoms with E-state index in [2.05, 4.69) is 26.1 Å². The molecule has 2 amide bonds. The van der Waals surface area contributed by atoms with Crippen LogP contribution in [0.2, 0.25) is 0 Å².